The van der Waals surface area contributed by atoms with Gasteiger partial charge in [-0.15, -0.1) is 0 Å². The number of pyridine rings is 1. The molecule has 0 radical (unpaired) electrons. The van der Waals surface area contributed by atoms with Crippen molar-refractivity contribution in [2.45, 2.75) is 26.2 Å². The van der Waals surface area contributed by atoms with Crippen LogP contribution in [0.3, 0.4) is 0 Å². The zero-order chi connectivity index (χ0) is 15.2. The second-order valence-electron chi connectivity index (χ2n) is 5.56. The maximum atomic E-state index is 4.69. The van der Waals surface area contributed by atoms with Gasteiger partial charge in [-0.2, -0.15) is 0 Å². The van der Waals surface area contributed by atoms with Crippen LogP contribution in [0.5, 0.6) is 0 Å². The molecule has 0 bridgehead atoms. The van der Waals surface area contributed by atoms with Gasteiger partial charge in [0, 0.05) is 11.8 Å². The van der Waals surface area contributed by atoms with Gasteiger partial charge in [-0.05, 0) is 35.6 Å². The first-order chi connectivity index (χ1) is 10.9. The number of benzene rings is 2. The largest absolute Gasteiger partial charge is 0.256 e. The smallest absolute Gasteiger partial charge is 0.0708 e. The van der Waals surface area contributed by atoms with Crippen molar-refractivity contribution in [3.8, 4) is 22.4 Å². The average molecular weight is 287 g/mol. The summed E-state index contributed by atoms with van der Waals surface area (Å²) in [4.78, 5) is 4.69. The average Bonchev–Trinajstić information content (AvgIpc) is 2.61. The number of aromatic nitrogens is 1. The molecule has 0 spiro atoms. The molecule has 110 valence electrons. The van der Waals surface area contributed by atoms with Crippen LogP contribution in [0.4, 0.5) is 0 Å². The SMILES string of the molecule is CCCCc1cnc(-c2ccccc2)cc1-c1ccccc1. The van der Waals surface area contributed by atoms with Gasteiger partial charge in [0.05, 0.1) is 5.69 Å². The normalized spacial score (nSPS) is 10.6. The van der Waals surface area contributed by atoms with Gasteiger partial charge in [0.2, 0.25) is 0 Å². The minimum atomic E-state index is 1.04. The highest BCUT2D eigenvalue weighted by Gasteiger charge is 2.08. The minimum Gasteiger partial charge on any atom is -0.256 e. The van der Waals surface area contributed by atoms with Gasteiger partial charge in [0.15, 0.2) is 0 Å². The van der Waals surface area contributed by atoms with Gasteiger partial charge in [0.1, 0.15) is 0 Å². The predicted molar refractivity (Wildman–Crippen MR) is 93.7 cm³/mol. The molecule has 0 saturated carbocycles. The van der Waals surface area contributed by atoms with Crippen LogP contribution in [-0.4, -0.2) is 4.98 Å². The Balaban J connectivity index is 2.06. The molecule has 0 aliphatic carbocycles. The highest BCUT2D eigenvalue weighted by Crippen LogP contribution is 2.28. The van der Waals surface area contributed by atoms with Crippen molar-refractivity contribution >= 4 is 0 Å². The van der Waals surface area contributed by atoms with Crippen molar-refractivity contribution in [3.05, 3.63) is 78.5 Å². The van der Waals surface area contributed by atoms with Crippen molar-refractivity contribution in [2.24, 2.45) is 0 Å². The van der Waals surface area contributed by atoms with Crippen molar-refractivity contribution in [1.29, 1.82) is 0 Å². The molecular weight excluding hydrogens is 266 g/mol. The van der Waals surface area contributed by atoms with Crippen molar-refractivity contribution in [3.63, 3.8) is 0 Å². The second kappa shape index (κ2) is 7.04. The van der Waals surface area contributed by atoms with Gasteiger partial charge in [0.25, 0.3) is 0 Å². The lowest BCUT2D eigenvalue weighted by molar-refractivity contribution is 0.793. The van der Waals surface area contributed by atoms with Gasteiger partial charge >= 0.3 is 0 Å². The molecule has 0 unspecified atom stereocenters. The number of nitrogens with zero attached hydrogens (tertiary/aromatic N) is 1. The first kappa shape index (κ1) is 14.5. The summed E-state index contributed by atoms with van der Waals surface area (Å²) >= 11 is 0. The topological polar surface area (TPSA) is 12.9 Å². The predicted octanol–water partition coefficient (Wildman–Crippen LogP) is 5.76. The molecule has 0 atom stereocenters. The summed E-state index contributed by atoms with van der Waals surface area (Å²) in [6, 6.07) is 23.2. The fourth-order valence-electron chi connectivity index (χ4n) is 2.70. The molecule has 1 heterocycles. The van der Waals surface area contributed by atoms with Crippen LogP contribution < -0.4 is 0 Å². The zero-order valence-electron chi connectivity index (χ0n) is 13.0. The number of hydrogen-bond donors (Lipinski definition) is 0. The number of aryl methyl sites for hydroxylation is 1. The van der Waals surface area contributed by atoms with E-state index < -0.39 is 0 Å². The maximum Gasteiger partial charge on any atom is 0.0708 e. The Kier molecular flexibility index (Phi) is 4.65. The third-order valence-corrected chi connectivity index (χ3v) is 3.94. The zero-order valence-corrected chi connectivity index (χ0v) is 13.0. The monoisotopic (exact) mass is 287 g/mol. The van der Waals surface area contributed by atoms with Crippen molar-refractivity contribution < 1.29 is 0 Å². The first-order valence-corrected chi connectivity index (χ1v) is 7.98. The highest BCUT2D eigenvalue weighted by atomic mass is 14.7. The Labute approximate surface area is 132 Å². The summed E-state index contributed by atoms with van der Waals surface area (Å²) in [6.07, 6.45) is 5.55. The summed E-state index contributed by atoms with van der Waals surface area (Å²) in [5.41, 5.74) is 6.13. The molecule has 0 aliphatic rings. The van der Waals surface area contributed by atoms with E-state index >= 15 is 0 Å². The van der Waals surface area contributed by atoms with E-state index in [1.54, 1.807) is 0 Å². The van der Waals surface area contributed by atoms with E-state index in [0.29, 0.717) is 0 Å². The van der Waals surface area contributed by atoms with Gasteiger partial charge in [-0.3, -0.25) is 4.98 Å². The van der Waals surface area contributed by atoms with Crippen molar-refractivity contribution in [2.75, 3.05) is 0 Å². The van der Waals surface area contributed by atoms with Crippen LogP contribution >= 0.6 is 0 Å². The molecule has 22 heavy (non-hydrogen) atoms. The first-order valence-electron chi connectivity index (χ1n) is 7.98. The lowest BCUT2D eigenvalue weighted by Crippen LogP contribution is -1.94. The Morgan fingerprint density at radius 1 is 0.818 bits per heavy atom. The highest BCUT2D eigenvalue weighted by molar-refractivity contribution is 5.73. The number of hydrogen-bond acceptors (Lipinski definition) is 1. The molecule has 0 fully saturated rings. The maximum absolute atomic E-state index is 4.69. The van der Waals surface area contributed by atoms with E-state index in [4.69, 9.17) is 0 Å². The Morgan fingerprint density at radius 2 is 1.45 bits per heavy atom. The van der Waals surface area contributed by atoms with E-state index in [-0.39, 0.29) is 0 Å². The Bertz CT molecular complexity index is 717. The third-order valence-electron chi connectivity index (χ3n) is 3.94. The van der Waals surface area contributed by atoms with E-state index in [9.17, 15) is 0 Å². The standard InChI is InChI=1S/C21H21N/c1-2-3-10-19-16-22-21(18-13-8-5-9-14-18)15-20(19)17-11-6-4-7-12-17/h4-9,11-16H,2-3,10H2,1H3. The number of rotatable bonds is 5. The lowest BCUT2D eigenvalue weighted by atomic mass is 9.96. The van der Waals surface area contributed by atoms with Gasteiger partial charge in [-0.25, -0.2) is 0 Å². The number of unbranched alkanes of at least 4 members (excludes halogenated alkanes) is 1. The molecule has 0 amide bonds. The Hall–Kier alpha value is -2.41. The molecule has 0 saturated heterocycles. The van der Waals surface area contributed by atoms with Gasteiger partial charge in [-0.1, -0.05) is 74.0 Å². The molecule has 2 aromatic carbocycles. The molecule has 3 rings (SSSR count). The molecule has 0 aliphatic heterocycles. The van der Waals surface area contributed by atoms with Crippen LogP contribution in [-0.2, 0) is 6.42 Å². The molecule has 1 aromatic heterocycles. The van der Waals surface area contributed by atoms with Gasteiger partial charge < -0.3 is 0 Å². The van der Waals surface area contributed by atoms with E-state index in [0.717, 1.165) is 12.1 Å². The minimum absolute atomic E-state index is 1.04. The fraction of sp³-hybridized carbons (Fsp3) is 0.190. The lowest BCUT2D eigenvalue weighted by Gasteiger charge is -2.11. The van der Waals surface area contributed by atoms with Crippen molar-refractivity contribution in [1.82, 2.24) is 4.98 Å². The van der Waals surface area contributed by atoms with Crippen LogP contribution in [0.15, 0.2) is 72.9 Å². The Morgan fingerprint density at radius 3 is 2.09 bits per heavy atom. The summed E-state index contributed by atoms with van der Waals surface area (Å²) in [5.74, 6) is 0. The molecule has 1 nitrogen and oxygen atoms in total. The second-order valence-corrected chi connectivity index (χ2v) is 5.56. The summed E-state index contributed by atoms with van der Waals surface area (Å²) in [7, 11) is 0. The van der Waals surface area contributed by atoms with Crippen LogP contribution in [0.25, 0.3) is 22.4 Å². The summed E-state index contributed by atoms with van der Waals surface area (Å²) in [6.45, 7) is 2.23. The van der Waals surface area contributed by atoms with E-state index in [1.807, 2.05) is 6.07 Å². The van der Waals surface area contributed by atoms with Crippen LogP contribution in [0.2, 0.25) is 0 Å². The van der Waals surface area contributed by atoms with Crippen LogP contribution in [0.1, 0.15) is 25.3 Å². The molecule has 3 aromatic rings. The summed E-state index contributed by atoms with van der Waals surface area (Å²) in [5, 5.41) is 0. The third kappa shape index (κ3) is 3.25. The fourth-order valence-corrected chi connectivity index (χ4v) is 2.70. The van der Waals surface area contributed by atoms with Crippen LogP contribution in [0, 0.1) is 0 Å². The van der Waals surface area contributed by atoms with E-state index in [2.05, 4.69) is 78.8 Å². The molecule has 1 heteroatoms. The quantitative estimate of drug-likeness (QED) is 0.581. The molecular formula is C21H21N. The summed E-state index contributed by atoms with van der Waals surface area (Å²) < 4.78 is 0. The molecule has 0 N–H and O–H groups in total. The van der Waals surface area contributed by atoms with E-state index in [1.165, 1.54) is 35.1 Å².